The first-order chi connectivity index (χ1) is 9.29. The largest absolute Gasteiger partial charge is 0.501 e. The van der Waals surface area contributed by atoms with Crippen LogP contribution in [0, 0.1) is 0 Å². The molecule has 1 aliphatic rings. The Kier molecular flexibility index (Phi) is 5.21. The summed E-state index contributed by atoms with van der Waals surface area (Å²) in [7, 11) is 0. The summed E-state index contributed by atoms with van der Waals surface area (Å²) in [6, 6.07) is 2.43. The highest BCUT2D eigenvalue weighted by molar-refractivity contribution is 5.48. The van der Waals surface area contributed by atoms with E-state index < -0.39 is 0 Å². The number of ether oxygens (including phenoxy) is 2. The van der Waals surface area contributed by atoms with Crippen molar-refractivity contribution in [1.82, 2.24) is 10.3 Å². The smallest absolute Gasteiger partial charge is 0.138 e. The van der Waals surface area contributed by atoms with Crippen LogP contribution in [-0.4, -0.2) is 30.3 Å². The zero-order chi connectivity index (χ0) is 13.5. The van der Waals surface area contributed by atoms with Gasteiger partial charge in [0.15, 0.2) is 0 Å². The van der Waals surface area contributed by atoms with Crippen molar-refractivity contribution in [1.29, 1.82) is 0 Å². The molecule has 1 saturated heterocycles. The van der Waals surface area contributed by atoms with Gasteiger partial charge in [0.2, 0.25) is 0 Å². The molecule has 1 fully saturated rings. The number of hydrogen-bond acceptors (Lipinski definition) is 4. The predicted molar refractivity (Wildman–Crippen MR) is 76.0 cm³/mol. The molecule has 2 atom stereocenters. The van der Waals surface area contributed by atoms with E-state index in [1.54, 1.807) is 18.7 Å². The van der Waals surface area contributed by atoms with Gasteiger partial charge in [-0.15, -0.1) is 0 Å². The van der Waals surface area contributed by atoms with Gasteiger partial charge in [-0.05, 0) is 50.9 Å². The minimum Gasteiger partial charge on any atom is -0.501 e. The molecule has 1 N–H and O–H groups in total. The highest BCUT2D eigenvalue weighted by Gasteiger charge is 2.22. The summed E-state index contributed by atoms with van der Waals surface area (Å²) in [6.45, 7) is 5.82. The lowest BCUT2D eigenvalue weighted by molar-refractivity contribution is 0.179. The van der Waals surface area contributed by atoms with Crippen molar-refractivity contribution >= 4 is 6.08 Å². The molecule has 1 aliphatic heterocycles. The van der Waals surface area contributed by atoms with Crippen LogP contribution in [0.25, 0.3) is 6.08 Å². The molecule has 0 saturated carbocycles. The van der Waals surface area contributed by atoms with Gasteiger partial charge in [-0.2, -0.15) is 0 Å². The number of hydrogen-bond donors (Lipinski definition) is 1. The third kappa shape index (κ3) is 4.24. The summed E-state index contributed by atoms with van der Waals surface area (Å²) in [6.07, 6.45) is 9.69. The van der Waals surface area contributed by atoms with E-state index in [2.05, 4.69) is 17.2 Å². The molecule has 1 aromatic heterocycles. The van der Waals surface area contributed by atoms with Crippen molar-refractivity contribution in [3.8, 4) is 5.75 Å². The van der Waals surface area contributed by atoms with Gasteiger partial charge < -0.3 is 14.8 Å². The van der Waals surface area contributed by atoms with Gasteiger partial charge >= 0.3 is 0 Å². The van der Waals surface area contributed by atoms with Gasteiger partial charge in [0.05, 0.1) is 19.1 Å². The summed E-state index contributed by atoms with van der Waals surface area (Å²) in [5.41, 5.74) is 0.984. The Morgan fingerprint density at radius 1 is 1.53 bits per heavy atom. The van der Waals surface area contributed by atoms with Crippen LogP contribution in [0.3, 0.4) is 0 Å². The second-order valence-electron chi connectivity index (χ2n) is 4.74. The Morgan fingerprint density at radius 2 is 2.42 bits per heavy atom. The number of aromatic nitrogens is 1. The molecule has 4 nitrogen and oxygen atoms in total. The Morgan fingerprint density at radius 3 is 3.16 bits per heavy atom. The second kappa shape index (κ2) is 7.14. The Bertz CT molecular complexity index is 414. The molecule has 0 bridgehead atoms. The lowest BCUT2D eigenvalue weighted by Gasteiger charge is -2.21. The Hall–Kier alpha value is -1.55. The molecule has 2 rings (SSSR count). The fourth-order valence-corrected chi connectivity index (χ4v) is 2.22. The van der Waals surface area contributed by atoms with Gasteiger partial charge in [-0.3, -0.25) is 4.98 Å². The maximum absolute atomic E-state index is 5.95. The molecule has 4 heteroatoms. The van der Waals surface area contributed by atoms with Gasteiger partial charge in [-0.1, -0.05) is 0 Å². The number of nitrogens with zero attached hydrogens (tertiary/aromatic N) is 1. The molecular formula is C15H22N2O2. The molecule has 0 aliphatic carbocycles. The van der Waals surface area contributed by atoms with Crippen molar-refractivity contribution in [2.75, 3.05) is 13.2 Å². The molecule has 0 spiro atoms. The number of rotatable bonds is 6. The van der Waals surface area contributed by atoms with Gasteiger partial charge in [0, 0.05) is 12.2 Å². The summed E-state index contributed by atoms with van der Waals surface area (Å²) < 4.78 is 11.1. The zero-order valence-corrected chi connectivity index (χ0v) is 11.6. The number of nitrogens with one attached hydrogen (secondary N) is 1. The fraction of sp³-hybridized carbons (Fsp3) is 0.533. The minimum absolute atomic E-state index is 0.162. The molecule has 1 aromatic rings. The molecule has 0 aromatic carbocycles. The van der Waals surface area contributed by atoms with Gasteiger partial charge in [0.1, 0.15) is 11.9 Å². The lowest BCUT2D eigenvalue weighted by atomic mass is 10.1. The third-order valence-corrected chi connectivity index (χ3v) is 3.24. The molecule has 19 heavy (non-hydrogen) atoms. The second-order valence-corrected chi connectivity index (χ2v) is 4.74. The number of pyridine rings is 1. The average Bonchev–Trinajstić information content (AvgIpc) is 2.93. The van der Waals surface area contributed by atoms with Crippen LogP contribution in [0.2, 0.25) is 0 Å². The van der Waals surface area contributed by atoms with Crippen LogP contribution in [0.5, 0.6) is 5.75 Å². The van der Waals surface area contributed by atoms with E-state index in [1.165, 1.54) is 12.8 Å². The van der Waals surface area contributed by atoms with E-state index in [9.17, 15) is 0 Å². The maximum Gasteiger partial charge on any atom is 0.138 e. The third-order valence-electron chi connectivity index (χ3n) is 3.24. The summed E-state index contributed by atoms with van der Waals surface area (Å²) in [5.74, 6) is 0.805. The van der Waals surface area contributed by atoms with E-state index in [0.717, 1.165) is 17.9 Å². The predicted octanol–water partition coefficient (Wildman–Crippen LogP) is 2.61. The normalized spacial score (nSPS) is 20.6. The monoisotopic (exact) mass is 262 g/mol. The van der Waals surface area contributed by atoms with Crippen LogP contribution in [0.4, 0.5) is 0 Å². The molecular weight excluding hydrogens is 240 g/mol. The zero-order valence-electron chi connectivity index (χ0n) is 11.6. The van der Waals surface area contributed by atoms with E-state index in [1.807, 2.05) is 19.1 Å². The average molecular weight is 262 g/mol. The maximum atomic E-state index is 5.95. The van der Waals surface area contributed by atoms with Crippen molar-refractivity contribution in [3.63, 3.8) is 0 Å². The first-order valence-corrected chi connectivity index (χ1v) is 6.93. The standard InChI is InChI=1S/C15H22N2O2/c1-3-18-8-6-13-9-14(11-16-10-13)19-12(2)15-5-4-7-17-15/h6,8-12,15,17H,3-5,7H2,1-2H3/t12?,15-/m0/s1. The van der Waals surface area contributed by atoms with E-state index in [4.69, 9.17) is 9.47 Å². The van der Waals surface area contributed by atoms with Crippen LogP contribution in [0.15, 0.2) is 24.7 Å². The topological polar surface area (TPSA) is 43.4 Å². The van der Waals surface area contributed by atoms with Crippen molar-refractivity contribution < 1.29 is 9.47 Å². The fourth-order valence-electron chi connectivity index (χ4n) is 2.22. The van der Waals surface area contributed by atoms with Crippen molar-refractivity contribution in [3.05, 3.63) is 30.3 Å². The SMILES string of the molecule is CCOC=Cc1cncc(OC(C)[C@@H]2CCCN2)c1. The molecule has 0 radical (unpaired) electrons. The van der Waals surface area contributed by atoms with E-state index >= 15 is 0 Å². The van der Waals surface area contributed by atoms with Crippen LogP contribution in [-0.2, 0) is 4.74 Å². The Labute approximate surface area is 114 Å². The molecule has 104 valence electrons. The van der Waals surface area contributed by atoms with Crippen molar-refractivity contribution in [2.45, 2.75) is 38.8 Å². The van der Waals surface area contributed by atoms with E-state index in [0.29, 0.717) is 12.6 Å². The van der Waals surface area contributed by atoms with Crippen molar-refractivity contribution in [2.24, 2.45) is 0 Å². The van der Waals surface area contributed by atoms with E-state index in [-0.39, 0.29) is 6.10 Å². The summed E-state index contributed by atoms with van der Waals surface area (Å²) in [4.78, 5) is 4.19. The van der Waals surface area contributed by atoms with Crippen LogP contribution in [0.1, 0.15) is 32.3 Å². The molecule has 0 amide bonds. The highest BCUT2D eigenvalue weighted by atomic mass is 16.5. The lowest BCUT2D eigenvalue weighted by Crippen LogP contribution is -2.36. The first kappa shape index (κ1) is 13.9. The quantitative estimate of drug-likeness (QED) is 0.800. The van der Waals surface area contributed by atoms with Crippen LogP contribution < -0.4 is 10.1 Å². The molecule has 2 heterocycles. The summed E-state index contributed by atoms with van der Waals surface area (Å²) >= 11 is 0. The summed E-state index contributed by atoms with van der Waals surface area (Å²) in [5, 5.41) is 3.45. The molecule has 1 unspecified atom stereocenters. The van der Waals surface area contributed by atoms with Gasteiger partial charge in [0.25, 0.3) is 0 Å². The minimum atomic E-state index is 0.162. The van der Waals surface area contributed by atoms with Crippen LogP contribution >= 0.6 is 0 Å². The highest BCUT2D eigenvalue weighted by Crippen LogP contribution is 2.18. The van der Waals surface area contributed by atoms with Gasteiger partial charge in [-0.25, -0.2) is 0 Å². The first-order valence-electron chi connectivity index (χ1n) is 6.93. The Balaban J connectivity index is 1.94.